The summed E-state index contributed by atoms with van der Waals surface area (Å²) in [5.74, 6) is -3.45. The predicted molar refractivity (Wildman–Crippen MR) is 87.2 cm³/mol. The molecule has 0 bridgehead atoms. The van der Waals surface area contributed by atoms with Crippen molar-refractivity contribution < 1.29 is 32.2 Å². The normalized spacial score (nSPS) is 22.7. The Kier molecular flexibility index (Phi) is 5.87. The van der Waals surface area contributed by atoms with Crippen molar-refractivity contribution in [2.24, 2.45) is 0 Å². The number of nitrogens with zero attached hydrogens (tertiary/aromatic N) is 1. The van der Waals surface area contributed by atoms with Gasteiger partial charge in [-0.25, -0.2) is 18.0 Å². The van der Waals surface area contributed by atoms with Gasteiger partial charge < -0.3 is 24.4 Å². The summed E-state index contributed by atoms with van der Waals surface area (Å²) in [4.78, 5) is 13.3. The molecule has 2 aliphatic heterocycles. The van der Waals surface area contributed by atoms with Crippen LogP contribution in [0, 0.1) is 5.82 Å². The van der Waals surface area contributed by atoms with Gasteiger partial charge >= 0.3 is 6.03 Å². The minimum absolute atomic E-state index is 0.00847. The summed E-state index contributed by atoms with van der Waals surface area (Å²) in [5.41, 5.74) is 0.0847. The molecule has 3 rings (SSSR count). The van der Waals surface area contributed by atoms with E-state index >= 15 is 0 Å². The monoisotopic (exact) mass is 374 g/mol. The van der Waals surface area contributed by atoms with Crippen LogP contribution in [0.2, 0.25) is 0 Å². The summed E-state index contributed by atoms with van der Waals surface area (Å²) < 4.78 is 56.7. The van der Waals surface area contributed by atoms with Crippen LogP contribution < -0.4 is 10.1 Å². The standard InChI is InChI=1S/C17H21F3N2O4/c18-12-3-4-15(26-9-13-2-1-6-25-13)14(8-12)21-16(23)22-5-7-24-11-17(19,20)10-22/h3-4,8,13H,1-2,5-7,9-11H2,(H,21,23). The maximum atomic E-state index is 13.6. The summed E-state index contributed by atoms with van der Waals surface area (Å²) >= 11 is 0. The number of ether oxygens (including phenoxy) is 3. The number of anilines is 1. The molecule has 2 heterocycles. The van der Waals surface area contributed by atoms with Crippen molar-refractivity contribution in [3.8, 4) is 5.75 Å². The number of alkyl halides is 2. The maximum absolute atomic E-state index is 13.6. The van der Waals surface area contributed by atoms with Gasteiger partial charge in [-0.2, -0.15) is 0 Å². The minimum atomic E-state index is -3.13. The van der Waals surface area contributed by atoms with E-state index in [4.69, 9.17) is 14.2 Å². The Labute approximate surface area is 149 Å². The summed E-state index contributed by atoms with van der Waals surface area (Å²) in [6.45, 7) is -0.527. The Morgan fingerprint density at radius 1 is 1.38 bits per heavy atom. The van der Waals surface area contributed by atoms with Gasteiger partial charge in [0.2, 0.25) is 0 Å². The Hall–Kier alpha value is -2.00. The molecule has 1 unspecified atom stereocenters. The molecule has 1 aromatic carbocycles. The fraction of sp³-hybridized carbons (Fsp3) is 0.588. The van der Waals surface area contributed by atoms with E-state index in [0.29, 0.717) is 6.61 Å². The van der Waals surface area contributed by atoms with Crippen LogP contribution in [0.4, 0.5) is 23.7 Å². The van der Waals surface area contributed by atoms with Crippen molar-refractivity contribution in [3.63, 3.8) is 0 Å². The molecule has 0 aromatic heterocycles. The maximum Gasteiger partial charge on any atom is 0.322 e. The summed E-state index contributed by atoms with van der Waals surface area (Å²) in [5, 5.41) is 2.45. The van der Waals surface area contributed by atoms with E-state index in [2.05, 4.69) is 5.32 Å². The van der Waals surface area contributed by atoms with E-state index in [1.807, 2.05) is 0 Å². The Morgan fingerprint density at radius 3 is 3.00 bits per heavy atom. The zero-order valence-electron chi connectivity index (χ0n) is 14.2. The third-order valence-corrected chi connectivity index (χ3v) is 4.16. The first-order chi connectivity index (χ1) is 12.4. The van der Waals surface area contributed by atoms with E-state index in [0.717, 1.165) is 23.8 Å². The summed E-state index contributed by atoms with van der Waals surface area (Å²) in [7, 11) is 0. The molecule has 9 heteroatoms. The topological polar surface area (TPSA) is 60.0 Å². The average molecular weight is 374 g/mol. The van der Waals surface area contributed by atoms with Gasteiger partial charge in [0.05, 0.1) is 24.9 Å². The zero-order chi connectivity index (χ0) is 18.6. The molecule has 26 heavy (non-hydrogen) atoms. The lowest BCUT2D eigenvalue weighted by atomic mass is 10.2. The van der Waals surface area contributed by atoms with Crippen LogP contribution in [0.25, 0.3) is 0 Å². The number of urea groups is 1. The van der Waals surface area contributed by atoms with Gasteiger partial charge in [0.15, 0.2) is 0 Å². The second-order valence-electron chi connectivity index (χ2n) is 6.35. The van der Waals surface area contributed by atoms with Crippen LogP contribution in [-0.4, -0.2) is 62.5 Å². The lowest BCUT2D eigenvalue weighted by Gasteiger charge is -2.24. The molecular formula is C17H21F3N2O4. The largest absolute Gasteiger partial charge is 0.489 e. The fourth-order valence-electron chi connectivity index (χ4n) is 2.85. The van der Waals surface area contributed by atoms with Crippen LogP contribution in [0.15, 0.2) is 18.2 Å². The highest BCUT2D eigenvalue weighted by molar-refractivity contribution is 5.91. The van der Waals surface area contributed by atoms with E-state index in [9.17, 15) is 18.0 Å². The number of hydrogen-bond acceptors (Lipinski definition) is 4. The van der Waals surface area contributed by atoms with E-state index in [1.54, 1.807) is 0 Å². The van der Waals surface area contributed by atoms with Crippen molar-refractivity contribution >= 4 is 11.7 Å². The number of amides is 2. The minimum Gasteiger partial charge on any atom is -0.489 e. The highest BCUT2D eigenvalue weighted by atomic mass is 19.3. The van der Waals surface area contributed by atoms with Gasteiger partial charge in [-0.15, -0.1) is 0 Å². The van der Waals surface area contributed by atoms with Crippen molar-refractivity contribution in [1.29, 1.82) is 0 Å². The Bertz CT molecular complexity index is 638. The number of nitrogens with one attached hydrogen (secondary N) is 1. The molecule has 2 aliphatic rings. The molecule has 0 saturated carbocycles. The smallest absolute Gasteiger partial charge is 0.322 e. The Balaban J connectivity index is 1.67. The molecule has 1 N–H and O–H groups in total. The molecular weight excluding hydrogens is 353 g/mol. The molecule has 0 aliphatic carbocycles. The molecule has 1 aromatic rings. The third kappa shape index (κ3) is 5.01. The predicted octanol–water partition coefficient (Wildman–Crippen LogP) is 2.88. The third-order valence-electron chi connectivity index (χ3n) is 4.16. The number of carbonyl (C=O) groups excluding carboxylic acids is 1. The second-order valence-corrected chi connectivity index (χ2v) is 6.35. The molecule has 144 valence electrons. The van der Waals surface area contributed by atoms with Crippen molar-refractivity contribution in [2.75, 3.05) is 44.8 Å². The zero-order valence-corrected chi connectivity index (χ0v) is 14.2. The number of hydrogen-bond donors (Lipinski definition) is 1. The van der Waals surface area contributed by atoms with E-state index < -0.39 is 30.9 Å². The molecule has 2 amide bonds. The molecule has 0 radical (unpaired) electrons. The molecule has 2 fully saturated rings. The molecule has 0 spiro atoms. The first-order valence-corrected chi connectivity index (χ1v) is 8.48. The van der Waals surface area contributed by atoms with E-state index in [1.165, 1.54) is 12.1 Å². The first-order valence-electron chi connectivity index (χ1n) is 8.48. The van der Waals surface area contributed by atoms with Gasteiger partial charge in [-0.3, -0.25) is 0 Å². The number of halogens is 3. The number of benzene rings is 1. The first kappa shape index (κ1) is 18.8. The molecule has 1 atom stereocenters. The quantitative estimate of drug-likeness (QED) is 0.881. The van der Waals surface area contributed by atoms with Crippen molar-refractivity contribution in [3.05, 3.63) is 24.0 Å². The lowest BCUT2D eigenvalue weighted by Crippen LogP contribution is -2.43. The highest BCUT2D eigenvalue weighted by Gasteiger charge is 2.36. The van der Waals surface area contributed by atoms with Crippen LogP contribution in [0.1, 0.15) is 12.8 Å². The van der Waals surface area contributed by atoms with Crippen molar-refractivity contribution in [2.45, 2.75) is 24.9 Å². The molecule has 6 nitrogen and oxygen atoms in total. The fourth-order valence-corrected chi connectivity index (χ4v) is 2.85. The van der Waals surface area contributed by atoms with Crippen LogP contribution >= 0.6 is 0 Å². The van der Waals surface area contributed by atoms with Gasteiger partial charge in [0.25, 0.3) is 5.92 Å². The SMILES string of the molecule is O=C(Nc1cc(F)ccc1OCC1CCCO1)N1CCOCC(F)(F)C1. The van der Waals surface area contributed by atoms with Gasteiger partial charge in [-0.1, -0.05) is 0 Å². The van der Waals surface area contributed by atoms with E-state index in [-0.39, 0.29) is 37.3 Å². The number of carbonyl (C=O) groups is 1. The van der Waals surface area contributed by atoms with Crippen LogP contribution in [0.3, 0.4) is 0 Å². The average Bonchev–Trinajstić information content (AvgIpc) is 3.03. The second kappa shape index (κ2) is 8.13. The summed E-state index contributed by atoms with van der Waals surface area (Å²) in [6, 6.07) is 2.92. The Morgan fingerprint density at radius 2 is 2.23 bits per heavy atom. The van der Waals surface area contributed by atoms with Crippen molar-refractivity contribution in [1.82, 2.24) is 4.90 Å². The highest BCUT2D eigenvalue weighted by Crippen LogP contribution is 2.27. The van der Waals surface area contributed by atoms with Gasteiger partial charge in [0, 0.05) is 19.2 Å². The summed E-state index contributed by atoms with van der Waals surface area (Å²) in [6.07, 6.45) is 1.77. The van der Waals surface area contributed by atoms with Crippen LogP contribution in [-0.2, 0) is 9.47 Å². The number of rotatable bonds is 4. The van der Waals surface area contributed by atoms with Crippen LogP contribution in [0.5, 0.6) is 5.75 Å². The lowest BCUT2D eigenvalue weighted by molar-refractivity contribution is -0.0648. The van der Waals surface area contributed by atoms with Gasteiger partial charge in [0.1, 0.15) is 24.8 Å². The molecule has 2 saturated heterocycles. The van der Waals surface area contributed by atoms with Gasteiger partial charge in [-0.05, 0) is 25.0 Å².